The Hall–Kier alpha value is -2.31. The van der Waals surface area contributed by atoms with Crippen LogP contribution in [0.1, 0.15) is 32.2 Å². The number of carboxylic acid groups (broad SMARTS) is 1. The Balaban J connectivity index is 2.34. The number of aromatic nitrogens is 4. The summed E-state index contributed by atoms with van der Waals surface area (Å²) in [7, 11) is 0. The second-order valence-corrected chi connectivity index (χ2v) is 4.49. The first-order valence-corrected chi connectivity index (χ1v) is 6.37. The van der Waals surface area contributed by atoms with Gasteiger partial charge in [-0.15, -0.1) is 5.10 Å². The minimum Gasteiger partial charge on any atom is -0.481 e. The van der Waals surface area contributed by atoms with Crippen molar-refractivity contribution in [2.75, 3.05) is 0 Å². The molecule has 0 fully saturated rings. The number of nitrogens with zero attached hydrogens (tertiary/aromatic N) is 4. The van der Waals surface area contributed by atoms with Crippen LogP contribution in [0.3, 0.4) is 0 Å². The summed E-state index contributed by atoms with van der Waals surface area (Å²) in [6, 6.07) is 5.47. The average molecular weight is 278 g/mol. The molecule has 1 aromatic heterocycles. The van der Waals surface area contributed by atoms with E-state index < -0.39 is 5.97 Å². The molecule has 0 saturated heterocycles. The molecule has 0 aliphatic rings. The summed E-state index contributed by atoms with van der Waals surface area (Å²) in [5.74, 6) is -0.794. The van der Waals surface area contributed by atoms with E-state index in [9.17, 15) is 9.18 Å². The van der Waals surface area contributed by atoms with Crippen molar-refractivity contribution in [3.05, 3.63) is 30.1 Å². The van der Waals surface area contributed by atoms with Crippen LogP contribution in [0, 0.1) is 5.82 Å². The summed E-state index contributed by atoms with van der Waals surface area (Å²) >= 11 is 0. The highest BCUT2D eigenvalue weighted by Crippen LogP contribution is 2.24. The van der Waals surface area contributed by atoms with Crippen molar-refractivity contribution < 1.29 is 14.3 Å². The van der Waals surface area contributed by atoms with Gasteiger partial charge in [-0.1, -0.05) is 13.3 Å². The van der Waals surface area contributed by atoms with Crippen LogP contribution < -0.4 is 0 Å². The van der Waals surface area contributed by atoms with Crippen molar-refractivity contribution in [2.24, 2.45) is 0 Å². The Bertz CT molecular complexity index is 582. The molecule has 1 heterocycles. The average Bonchev–Trinajstić information content (AvgIpc) is 2.88. The normalized spacial score (nSPS) is 12.3. The summed E-state index contributed by atoms with van der Waals surface area (Å²) in [4.78, 5) is 10.9. The van der Waals surface area contributed by atoms with E-state index in [0.29, 0.717) is 17.8 Å². The van der Waals surface area contributed by atoms with Crippen LogP contribution in [0.5, 0.6) is 0 Å². The topological polar surface area (TPSA) is 80.9 Å². The maximum absolute atomic E-state index is 12.9. The third kappa shape index (κ3) is 3.17. The number of tetrazole rings is 1. The minimum absolute atomic E-state index is 0.0485. The van der Waals surface area contributed by atoms with Crippen LogP contribution in [-0.4, -0.2) is 31.3 Å². The summed E-state index contributed by atoms with van der Waals surface area (Å²) < 4.78 is 14.4. The van der Waals surface area contributed by atoms with Crippen LogP contribution in [0.4, 0.5) is 4.39 Å². The molecule has 0 aliphatic heterocycles. The van der Waals surface area contributed by atoms with Crippen molar-refractivity contribution in [1.82, 2.24) is 20.2 Å². The second kappa shape index (κ2) is 6.23. The molecular formula is C13H15FN4O2. The maximum Gasteiger partial charge on any atom is 0.305 e. The van der Waals surface area contributed by atoms with Gasteiger partial charge in [-0.05, 0) is 41.1 Å². The lowest BCUT2D eigenvalue weighted by Crippen LogP contribution is -2.16. The lowest BCUT2D eigenvalue weighted by atomic mass is 10.1. The van der Waals surface area contributed by atoms with Crippen LogP contribution in [0.2, 0.25) is 0 Å². The smallest absolute Gasteiger partial charge is 0.305 e. The third-order valence-corrected chi connectivity index (χ3v) is 2.97. The predicted molar refractivity (Wildman–Crippen MR) is 69.4 cm³/mol. The zero-order valence-electron chi connectivity index (χ0n) is 11.0. The molecule has 2 rings (SSSR count). The number of hydrogen-bond acceptors (Lipinski definition) is 4. The van der Waals surface area contributed by atoms with Gasteiger partial charge in [0.15, 0.2) is 5.82 Å². The van der Waals surface area contributed by atoms with Crippen LogP contribution in [-0.2, 0) is 4.79 Å². The predicted octanol–water partition coefficient (Wildman–Crippen LogP) is 2.30. The Morgan fingerprint density at radius 2 is 2.10 bits per heavy atom. The minimum atomic E-state index is -0.899. The summed E-state index contributed by atoms with van der Waals surface area (Å²) in [6.45, 7) is 1.97. The molecule has 1 unspecified atom stereocenters. The molecule has 0 bridgehead atoms. The van der Waals surface area contributed by atoms with Gasteiger partial charge in [0.2, 0.25) is 0 Å². The van der Waals surface area contributed by atoms with E-state index in [4.69, 9.17) is 5.11 Å². The molecule has 0 radical (unpaired) electrons. The highest BCUT2D eigenvalue weighted by atomic mass is 19.1. The summed E-state index contributed by atoms with van der Waals surface area (Å²) in [5.41, 5.74) is 0.655. The molecule has 1 aromatic carbocycles. The van der Waals surface area contributed by atoms with E-state index >= 15 is 0 Å². The Morgan fingerprint density at radius 1 is 1.40 bits per heavy atom. The molecule has 20 heavy (non-hydrogen) atoms. The van der Waals surface area contributed by atoms with Gasteiger partial charge in [-0.2, -0.15) is 0 Å². The van der Waals surface area contributed by atoms with Crippen molar-refractivity contribution in [3.8, 4) is 11.4 Å². The number of halogens is 1. The van der Waals surface area contributed by atoms with E-state index in [2.05, 4.69) is 15.5 Å². The quantitative estimate of drug-likeness (QED) is 0.876. The van der Waals surface area contributed by atoms with Gasteiger partial charge >= 0.3 is 5.97 Å². The second-order valence-electron chi connectivity index (χ2n) is 4.49. The van der Waals surface area contributed by atoms with E-state index in [1.54, 1.807) is 12.1 Å². The fourth-order valence-electron chi connectivity index (χ4n) is 2.07. The first-order chi connectivity index (χ1) is 9.61. The van der Waals surface area contributed by atoms with Crippen molar-refractivity contribution in [1.29, 1.82) is 0 Å². The lowest BCUT2D eigenvalue weighted by Gasteiger charge is -2.15. The zero-order valence-corrected chi connectivity index (χ0v) is 11.0. The molecule has 0 saturated carbocycles. The molecule has 2 aromatic rings. The zero-order chi connectivity index (χ0) is 14.5. The van der Waals surface area contributed by atoms with Crippen molar-refractivity contribution >= 4 is 5.97 Å². The molecule has 7 heteroatoms. The van der Waals surface area contributed by atoms with Gasteiger partial charge in [0.25, 0.3) is 0 Å². The van der Waals surface area contributed by atoms with Crippen LogP contribution >= 0.6 is 0 Å². The fourth-order valence-corrected chi connectivity index (χ4v) is 2.07. The number of hydrogen-bond donors (Lipinski definition) is 1. The number of rotatable bonds is 6. The Labute approximate surface area is 115 Å². The number of carboxylic acids is 1. The van der Waals surface area contributed by atoms with Crippen molar-refractivity contribution in [2.45, 2.75) is 32.2 Å². The molecule has 0 spiro atoms. The Morgan fingerprint density at radius 3 is 2.70 bits per heavy atom. The lowest BCUT2D eigenvalue weighted by molar-refractivity contribution is -0.138. The van der Waals surface area contributed by atoms with Crippen molar-refractivity contribution in [3.63, 3.8) is 0 Å². The highest BCUT2D eigenvalue weighted by Gasteiger charge is 2.20. The third-order valence-electron chi connectivity index (χ3n) is 2.97. The van der Waals surface area contributed by atoms with Gasteiger partial charge in [0.1, 0.15) is 5.82 Å². The molecule has 0 amide bonds. The maximum atomic E-state index is 12.9. The first-order valence-electron chi connectivity index (χ1n) is 6.37. The molecule has 106 valence electrons. The molecule has 6 nitrogen and oxygen atoms in total. The van der Waals surface area contributed by atoms with Crippen LogP contribution in [0.25, 0.3) is 11.4 Å². The van der Waals surface area contributed by atoms with Gasteiger partial charge < -0.3 is 5.11 Å². The molecule has 1 atom stereocenters. The van der Waals surface area contributed by atoms with Gasteiger partial charge in [0, 0.05) is 5.56 Å². The first kappa shape index (κ1) is 14.1. The molecular weight excluding hydrogens is 263 g/mol. The van der Waals surface area contributed by atoms with Crippen LogP contribution in [0.15, 0.2) is 24.3 Å². The van der Waals surface area contributed by atoms with Gasteiger partial charge in [-0.3, -0.25) is 4.79 Å². The van der Waals surface area contributed by atoms with Gasteiger partial charge in [-0.25, -0.2) is 9.07 Å². The van der Waals surface area contributed by atoms with E-state index in [0.717, 1.165) is 6.42 Å². The van der Waals surface area contributed by atoms with E-state index in [1.165, 1.54) is 16.8 Å². The largest absolute Gasteiger partial charge is 0.481 e. The number of carbonyl (C=O) groups is 1. The monoisotopic (exact) mass is 278 g/mol. The van der Waals surface area contributed by atoms with E-state index in [-0.39, 0.29) is 18.3 Å². The summed E-state index contributed by atoms with van der Waals surface area (Å²) in [5, 5.41) is 20.4. The number of aliphatic carboxylic acids is 1. The highest BCUT2D eigenvalue weighted by molar-refractivity contribution is 5.67. The molecule has 1 N–H and O–H groups in total. The Kier molecular flexibility index (Phi) is 4.39. The standard InChI is InChI=1S/C13H15FN4O2/c1-2-3-11(8-12(19)20)18-13(15-16-17-18)9-4-6-10(14)7-5-9/h4-7,11H,2-3,8H2,1H3,(H,19,20). The van der Waals surface area contributed by atoms with E-state index in [1.807, 2.05) is 6.92 Å². The van der Waals surface area contributed by atoms with Gasteiger partial charge in [0.05, 0.1) is 12.5 Å². The summed E-state index contributed by atoms with van der Waals surface area (Å²) in [6.07, 6.45) is 1.43. The fraction of sp³-hybridized carbons (Fsp3) is 0.385. The SMILES string of the molecule is CCCC(CC(=O)O)n1nnnc1-c1ccc(F)cc1. The number of benzene rings is 1. The molecule has 0 aliphatic carbocycles.